The molecule has 1 fully saturated rings. The molecule has 0 aromatic heterocycles. The summed E-state index contributed by atoms with van der Waals surface area (Å²) in [6.07, 6.45) is 7.64. The molecule has 1 aliphatic rings. The fourth-order valence-electron chi connectivity index (χ4n) is 1.09. The largest absolute Gasteiger partial charge is 0.381 e. The molecule has 1 rings (SSSR count). The number of hydrogen-bond donors (Lipinski definition) is 0. The Balaban J connectivity index is 1.66. The van der Waals surface area contributed by atoms with Gasteiger partial charge in [0.05, 0.1) is 0 Å². The van der Waals surface area contributed by atoms with Gasteiger partial charge in [0.25, 0.3) is 0 Å². The summed E-state index contributed by atoms with van der Waals surface area (Å²) in [6.45, 7) is 5.79. The maximum Gasteiger partial charge on any atom is 0.0494 e. The van der Waals surface area contributed by atoms with Crippen molar-refractivity contribution in [2.45, 2.75) is 38.5 Å². The Morgan fingerprint density at radius 3 is 2.64 bits per heavy atom. The van der Waals surface area contributed by atoms with Crippen molar-refractivity contribution in [3.8, 4) is 0 Å². The molecule has 1 radical (unpaired) electrons. The summed E-state index contributed by atoms with van der Waals surface area (Å²) < 4.78 is 5.48. The summed E-state index contributed by atoms with van der Waals surface area (Å²) in [4.78, 5) is 0. The molecular formula is C10H19O. The van der Waals surface area contributed by atoms with Crippen LogP contribution in [0.4, 0.5) is 0 Å². The molecular weight excluding hydrogens is 136 g/mol. The van der Waals surface area contributed by atoms with Gasteiger partial charge in [-0.05, 0) is 25.2 Å². The quantitative estimate of drug-likeness (QED) is 0.514. The lowest BCUT2D eigenvalue weighted by Gasteiger charge is -2.01. The highest BCUT2D eigenvalue weighted by atomic mass is 16.5. The smallest absolute Gasteiger partial charge is 0.0494 e. The Hall–Kier alpha value is -0.0400. The first-order valence-corrected chi connectivity index (χ1v) is 4.80. The topological polar surface area (TPSA) is 9.23 Å². The van der Waals surface area contributed by atoms with Gasteiger partial charge >= 0.3 is 0 Å². The predicted molar refractivity (Wildman–Crippen MR) is 47.4 cm³/mol. The highest BCUT2D eigenvalue weighted by Crippen LogP contribution is 2.28. The average molecular weight is 155 g/mol. The molecule has 0 saturated heterocycles. The second-order valence-corrected chi connectivity index (χ2v) is 3.43. The van der Waals surface area contributed by atoms with E-state index in [1.54, 1.807) is 0 Å². The second kappa shape index (κ2) is 5.59. The van der Waals surface area contributed by atoms with E-state index in [0.717, 1.165) is 25.6 Å². The van der Waals surface area contributed by atoms with E-state index in [1.807, 2.05) is 0 Å². The molecule has 1 heteroatoms. The molecule has 11 heavy (non-hydrogen) atoms. The first-order chi connectivity index (χ1) is 5.43. The highest BCUT2D eigenvalue weighted by Gasteiger charge is 2.20. The highest BCUT2D eigenvalue weighted by molar-refractivity contribution is 4.71. The molecule has 1 aliphatic carbocycles. The summed E-state index contributed by atoms with van der Waals surface area (Å²) in [5, 5.41) is 0. The minimum atomic E-state index is 0.919. The zero-order valence-electron chi connectivity index (χ0n) is 7.35. The third-order valence-electron chi connectivity index (χ3n) is 2.09. The predicted octanol–water partition coefficient (Wildman–Crippen LogP) is 2.81. The van der Waals surface area contributed by atoms with E-state index in [9.17, 15) is 0 Å². The standard InChI is InChI=1S/C10H19O/c1-2-3-4-5-8-11-9-10-6-7-10/h10H,1-9H2. The Labute approximate surface area is 70.1 Å². The van der Waals surface area contributed by atoms with Gasteiger partial charge in [-0.25, -0.2) is 0 Å². The molecule has 1 nitrogen and oxygen atoms in total. The van der Waals surface area contributed by atoms with Crippen molar-refractivity contribution in [3.05, 3.63) is 6.92 Å². The third kappa shape index (κ3) is 5.25. The first kappa shape index (κ1) is 9.05. The summed E-state index contributed by atoms with van der Waals surface area (Å²) in [5.74, 6) is 0.919. The Morgan fingerprint density at radius 2 is 2.00 bits per heavy atom. The Bertz CT molecular complexity index is 86.9. The van der Waals surface area contributed by atoms with Crippen LogP contribution in [0.1, 0.15) is 38.5 Å². The average Bonchev–Trinajstić information content (AvgIpc) is 2.80. The van der Waals surface area contributed by atoms with E-state index in [1.165, 1.54) is 32.1 Å². The van der Waals surface area contributed by atoms with Gasteiger partial charge in [0.2, 0.25) is 0 Å². The summed E-state index contributed by atoms with van der Waals surface area (Å²) in [7, 11) is 0. The molecule has 1 saturated carbocycles. The van der Waals surface area contributed by atoms with Crippen LogP contribution >= 0.6 is 0 Å². The maximum atomic E-state index is 5.48. The van der Waals surface area contributed by atoms with E-state index in [4.69, 9.17) is 4.74 Å². The van der Waals surface area contributed by atoms with Gasteiger partial charge < -0.3 is 4.74 Å². The van der Waals surface area contributed by atoms with Gasteiger partial charge in [0.15, 0.2) is 0 Å². The normalized spacial score (nSPS) is 17.2. The van der Waals surface area contributed by atoms with Crippen LogP contribution in [0.3, 0.4) is 0 Å². The molecule has 0 heterocycles. The van der Waals surface area contributed by atoms with Crippen molar-refractivity contribution in [1.29, 1.82) is 0 Å². The fraction of sp³-hybridized carbons (Fsp3) is 0.900. The number of ether oxygens (including phenoxy) is 1. The van der Waals surface area contributed by atoms with Crippen LogP contribution in [0.15, 0.2) is 0 Å². The molecule has 65 valence electrons. The first-order valence-electron chi connectivity index (χ1n) is 4.80. The van der Waals surface area contributed by atoms with Gasteiger partial charge in [0.1, 0.15) is 0 Å². The van der Waals surface area contributed by atoms with Gasteiger partial charge in [-0.3, -0.25) is 0 Å². The minimum Gasteiger partial charge on any atom is -0.381 e. The summed E-state index contributed by atoms with van der Waals surface area (Å²) in [6, 6.07) is 0. The van der Waals surface area contributed by atoms with Crippen molar-refractivity contribution in [1.82, 2.24) is 0 Å². The second-order valence-electron chi connectivity index (χ2n) is 3.43. The van der Waals surface area contributed by atoms with Crippen molar-refractivity contribution >= 4 is 0 Å². The van der Waals surface area contributed by atoms with Crippen LogP contribution in [0.2, 0.25) is 0 Å². The molecule has 0 amide bonds. The van der Waals surface area contributed by atoms with E-state index in [-0.39, 0.29) is 0 Å². The monoisotopic (exact) mass is 155 g/mol. The number of hydrogen-bond acceptors (Lipinski definition) is 1. The molecule has 0 unspecified atom stereocenters. The molecule has 0 N–H and O–H groups in total. The van der Waals surface area contributed by atoms with E-state index in [2.05, 4.69) is 6.92 Å². The van der Waals surface area contributed by atoms with Gasteiger partial charge in [-0.1, -0.05) is 26.2 Å². The Morgan fingerprint density at radius 1 is 1.18 bits per heavy atom. The fourth-order valence-corrected chi connectivity index (χ4v) is 1.09. The van der Waals surface area contributed by atoms with Crippen molar-refractivity contribution < 1.29 is 4.74 Å². The van der Waals surface area contributed by atoms with Crippen molar-refractivity contribution in [3.63, 3.8) is 0 Å². The van der Waals surface area contributed by atoms with Crippen molar-refractivity contribution in [2.24, 2.45) is 5.92 Å². The lowest BCUT2D eigenvalue weighted by molar-refractivity contribution is 0.120. The molecule has 0 bridgehead atoms. The van der Waals surface area contributed by atoms with Crippen LogP contribution in [0.5, 0.6) is 0 Å². The molecule has 0 spiro atoms. The third-order valence-corrected chi connectivity index (χ3v) is 2.09. The number of rotatable bonds is 7. The zero-order chi connectivity index (χ0) is 7.94. The van der Waals surface area contributed by atoms with Crippen LogP contribution in [-0.2, 0) is 4.74 Å². The molecule has 0 aromatic rings. The van der Waals surface area contributed by atoms with E-state index in [0.29, 0.717) is 0 Å². The lowest BCUT2D eigenvalue weighted by atomic mass is 10.2. The maximum absolute atomic E-state index is 5.48. The van der Waals surface area contributed by atoms with Gasteiger partial charge in [-0.2, -0.15) is 0 Å². The number of unbranched alkanes of at least 4 members (excludes halogenated alkanes) is 3. The summed E-state index contributed by atoms with van der Waals surface area (Å²) >= 11 is 0. The van der Waals surface area contributed by atoms with Gasteiger partial charge in [-0.15, -0.1) is 0 Å². The molecule has 0 aromatic carbocycles. The van der Waals surface area contributed by atoms with Gasteiger partial charge in [0, 0.05) is 13.2 Å². The van der Waals surface area contributed by atoms with E-state index >= 15 is 0 Å². The van der Waals surface area contributed by atoms with Crippen LogP contribution in [0, 0.1) is 12.8 Å². The van der Waals surface area contributed by atoms with Crippen LogP contribution in [-0.4, -0.2) is 13.2 Å². The SMILES string of the molecule is [CH2]CCCCCOCC1CC1. The van der Waals surface area contributed by atoms with E-state index < -0.39 is 0 Å². The van der Waals surface area contributed by atoms with Crippen molar-refractivity contribution in [2.75, 3.05) is 13.2 Å². The summed E-state index contributed by atoms with van der Waals surface area (Å²) in [5.41, 5.74) is 0. The molecule has 0 atom stereocenters. The lowest BCUT2D eigenvalue weighted by Crippen LogP contribution is -1.98. The minimum absolute atomic E-state index is 0.919. The van der Waals surface area contributed by atoms with Crippen LogP contribution < -0.4 is 0 Å². The zero-order valence-corrected chi connectivity index (χ0v) is 7.35. The Kier molecular flexibility index (Phi) is 4.60. The van der Waals surface area contributed by atoms with Crippen LogP contribution in [0.25, 0.3) is 0 Å². The molecule has 0 aliphatic heterocycles.